The van der Waals surface area contributed by atoms with E-state index >= 15 is 0 Å². The Bertz CT molecular complexity index is 299. The molecule has 4 nitrogen and oxygen atoms in total. The molecule has 0 aliphatic rings. The van der Waals surface area contributed by atoms with Crippen molar-refractivity contribution in [3.8, 4) is 0 Å². The summed E-state index contributed by atoms with van der Waals surface area (Å²) < 4.78 is 4.82. The van der Waals surface area contributed by atoms with Gasteiger partial charge in [0.1, 0.15) is 5.92 Å². The van der Waals surface area contributed by atoms with E-state index in [0.717, 1.165) is 0 Å². The third-order valence-electron chi connectivity index (χ3n) is 1.79. The van der Waals surface area contributed by atoms with Gasteiger partial charge in [0.05, 0.1) is 6.26 Å². The molecule has 1 N–H and O–H groups in total. The summed E-state index contributed by atoms with van der Waals surface area (Å²) in [6, 6.07) is 3.02. The molecule has 4 heteroatoms. The standard InChI is InChI=1S/C9H10O4/c1-2-6(9(11)12)8(10)7-4-3-5-13-7/h3-6H,2H2,1H3,(H,11,12). The van der Waals surface area contributed by atoms with Gasteiger partial charge in [-0.25, -0.2) is 0 Å². The Kier molecular flexibility index (Phi) is 2.84. The number of Topliss-reactive ketones (excluding diaryl/α,β-unsaturated/α-hetero) is 1. The van der Waals surface area contributed by atoms with E-state index in [0.29, 0.717) is 0 Å². The number of aliphatic carboxylic acids is 1. The van der Waals surface area contributed by atoms with Crippen molar-refractivity contribution in [3.05, 3.63) is 24.2 Å². The van der Waals surface area contributed by atoms with Crippen LogP contribution in [0.1, 0.15) is 23.9 Å². The number of carbonyl (C=O) groups excluding carboxylic acids is 1. The van der Waals surface area contributed by atoms with Gasteiger partial charge in [0, 0.05) is 0 Å². The molecule has 13 heavy (non-hydrogen) atoms. The van der Waals surface area contributed by atoms with E-state index < -0.39 is 17.7 Å². The van der Waals surface area contributed by atoms with Crippen LogP contribution in [-0.4, -0.2) is 16.9 Å². The van der Waals surface area contributed by atoms with E-state index in [1.54, 1.807) is 13.0 Å². The molecule has 1 rings (SSSR count). The number of hydrogen-bond acceptors (Lipinski definition) is 3. The van der Waals surface area contributed by atoms with Crippen LogP contribution in [0, 0.1) is 5.92 Å². The molecule has 1 unspecified atom stereocenters. The second kappa shape index (κ2) is 3.89. The summed E-state index contributed by atoms with van der Waals surface area (Å²) in [7, 11) is 0. The van der Waals surface area contributed by atoms with Crippen molar-refractivity contribution >= 4 is 11.8 Å². The van der Waals surface area contributed by atoms with E-state index in [4.69, 9.17) is 9.52 Å². The predicted molar refractivity (Wildman–Crippen MR) is 44.5 cm³/mol. The molecule has 0 spiro atoms. The Morgan fingerprint density at radius 1 is 1.62 bits per heavy atom. The second-order valence-corrected chi connectivity index (χ2v) is 2.64. The highest BCUT2D eigenvalue weighted by molar-refractivity contribution is 6.06. The maximum Gasteiger partial charge on any atom is 0.314 e. The topological polar surface area (TPSA) is 67.5 Å². The van der Waals surface area contributed by atoms with Gasteiger partial charge in [0.2, 0.25) is 5.78 Å². The van der Waals surface area contributed by atoms with Crippen molar-refractivity contribution in [1.29, 1.82) is 0 Å². The number of carboxylic acid groups (broad SMARTS) is 1. The molecule has 0 fully saturated rings. The van der Waals surface area contributed by atoms with Gasteiger partial charge in [0.25, 0.3) is 0 Å². The molecule has 0 saturated carbocycles. The van der Waals surface area contributed by atoms with Gasteiger partial charge in [0.15, 0.2) is 5.76 Å². The fourth-order valence-electron chi connectivity index (χ4n) is 1.06. The lowest BCUT2D eigenvalue weighted by molar-refractivity contribution is -0.140. The largest absolute Gasteiger partial charge is 0.481 e. The summed E-state index contributed by atoms with van der Waals surface area (Å²) in [5.41, 5.74) is 0. The summed E-state index contributed by atoms with van der Waals surface area (Å²) >= 11 is 0. The van der Waals surface area contributed by atoms with Gasteiger partial charge in [-0.2, -0.15) is 0 Å². The van der Waals surface area contributed by atoms with Crippen LogP contribution in [0.25, 0.3) is 0 Å². The minimum Gasteiger partial charge on any atom is -0.481 e. The van der Waals surface area contributed by atoms with Gasteiger partial charge in [-0.3, -0.25) is 9.59 Å². The molecule has 1 atom stereocenters. The third-order valence-corrected chi connectivity index (χ3v) is 1.79. The smallest absolute Gasteiger partial charge is 0.314 e. The molecule has 70 valence electrons. The molecule has 1 aromatic rings. The van der Waals surface area contributed by atoms with Crippen molar-refractivity contribution in [1.82, 2.24) is 0 Å². The van der Waals surface area contributed by atoms with Crippen LogP contribution >= 0.6 is 0 Å². The van der Waals surface area contributed by atoms with Crippen molar-refractivity contribution in [2.75, 3.05) is 0 Å². The summed E-state index contributed by atoms with van der Waals surface area (Å²) in [6.45, 7) is 1.65. The molecule has 1 heterocycles. The van der Waals surface area contributed by atoms with E-state index in [1.807, 2.05) is 0 Å². The van der Waals surface area contributed by atoms with Crippen LogP contribution in [0.5, 0.6) is 0 Å². The molecule has 0 aromatic carbocycles. The molecular weight excluding hydrogens is 172 g/mol. The summed E-state index contributed by atoms with van der Waals surface area (Å²) in [5, 5.41) is 8.68. The summed E-state index contributed by atoms with van der Waals surface area (Å²) in [5.74, 6) is -2.47. The summed E-state index contributed by atoms with van der Waals surface area (Å²) in [6.07, 6.45) is 1.62. The van der Waals surface area contributed by atoms with Crippen molar-refractivity contribution in [3.63, 3.8) is 0 Å². The Morgan fingerprint density at radius 2 is 2.31 bits per heavy atom. The number of carboxylic acids is 1. The van der Waals surface area contributed by atoms with Crippen molar-refractivity contribution in [2.45, 2.75) is 13.3 Å². The first-order valence-electron chi connectivity index (χ1n) is 3.97. The molecule has 0 bridgehead atoms. The first kappa shape index (κ1) is 9.51. The molecular formula is C9H10O4. The van der Waals surface area contributed by atoms with Crippen LogP contribution < -0.4 is 0 Å². The molecule has 0 saturated heterocycles. The molecule has 1 aromatic heterocycles. The van der Waals surface area contributed by atoms with E-state index in [2.05, 4.69) is 0 Å². The molecule has 0 amide bonds. The predicted octanol–water partition coefficient (Wildman–Crippen LogP) is 1.57. The highest BCUT2D eigenvalue weighted by atomic mass is 16.4. The first-order valence-corrected chi connectivity index (χ1v) is 3.97. The van der Waals surface area contributed by atoms with E-state index in [1.165, 1.54) is 12.3 Å². The maximum atomic E-state index is 11.4. The van der Waals surface area contributed by atoms with Gasteiger partial charge >= 0.3 is 5.97 Å². The van der Waals surface area contributed by atoms with Crippen molar-refractivity contribution < 1.29 is 19.1 Å². The van der Waals surface area contributed by atoms with Gasteiger partial charge in [-0.15, -0.1) is 0 Å². The van der Waals surface area contributed by atoms with Crippen LogP contribution in [0.15, 0.2) is 22.8 Å². The zero-order valence-corrected chi connectivity index (χ0v) is 7.19. The van der Waals surface area contributed by atoms with Crippen LogP contribution in [-0.2, 0) is 4.79 Å². The third kappa shape index (κ3) is 1.96. The maximum absolute atomic E-state index is 11.4. The minimum atomic E-state index is -1.11. The van der Waals surface area contributed by atoms with E-state index in [-0.39, 0.29) is 12.2 Å². The Labute approximate surface area is 75.2 Å². The zero-order valence-electron chi connectivity index (χ0n) is 7.19. The average molecular weight is 182 g/mol. The number of ketones is 1. The number of furan rings is 1. The fourth-order valence-corrected chi connectivity index (χ4v) is 1.06. The van der Waals surface area contributed by atoms with Crippen molar-refractivity contribution in [2.24, 2.45) is 5.92 Å². The van der Waals surface area contributed by atoms with Gasteiger partial charge in [-0.05, 0) is 18.6 Å². The number of rotatable bonds is 4. The van der Waals surface area contributed by atoms with Gasteiger partial charge in [-0.1, -0.05) is 6.92 Å². The molecule has 0 aliphatic carbocycles. The molecule has 0 radical (unpaired) electrons. The van der Waals surface area contributed by atoms with Crippen LogP contribution in [0.2, 0.25) is 0 Å². The Morgan fingerprint density at radius 3 is 2.69 bits per heavy atom. The SMILES string of the molecule is CCC(C(=O)O)C(=O)c1ccco1. The first-order chi connectivity index (χ1) is 6.16. The lowest BCUT2D eigenvalue weighted by Crippen LogP contribution is -2.22. The Hall–Kier alpha value is -1.58. The van der Waals surface area contributed by atoms with Crippen LogP contribution in [0.3, 0.4) is 0 Å². The monoisotopic (exact) mass is 182 g/mol. The highest BCUT2D eigenvalue weighted by Gasteiger charge is 2.26. The molecule has 0 aliphatic heterocycles. The highest BCUT2D eigenvalue weighted by Crippen LogP contribution is 2.12. The quantitative estimate of drug-likeness (QED) is 0.567. The summed E-state index contributed by atoms with van der Waals surface area (Å²) in [4.78, 5) is 22.0. The number of hydrogen-bond donors (Lipinski definition) is 1. The van der Waals surface area contributed by atoms with Gasteiger partial charge < -0.3 is 9.52 Å². The lowest BCUT2D eigenvalue weighted by atomic mass is 10.00. The lowest BCUT2D eigenvalue weighted by Gasteiger charge is -2.04. The average Bonchev–Trinajstić information content (AvgIpc) is 2.56. The fraction of sp³-hybridized carbons (Fsp3) is 0.333. The number of carbonyl (C=O) groups is 2. The minimum absolute atomic E-state index is 0.106. The Balaban J connectivity index is 2.83. The van der Waals surface area contributed by atoms with E-state index in [9.17, 15) is 9.59 Å². The second-order valence-electron chi connectivity index (χ2n) is 2.64. The van der Waals surface area contributed by atoms with Crippen LogP contribution in [0.4, 0.5) is 0 Å². The zero-order chi connectivity index (χ0) is 9.84. The normalized spacial score (nSPS) is 12.4.